The van der Waals surface area contributed by atoms with Crippen molar-refractivity contribution in [2.45, 2.75) is 128 Å². The average molecular weight is 481 g/mol. The van der Waals surface area contributed by atoms with Crippen LogP contribution in [0.1, 0.15) is 116 Å². The Balaban J connectivity index is 1.14. The second-order valence-corrected chi connectivity index (χ2v) is 10.7. The van der Waals surface area contributed by atoms with Gasteiger partial charge in [-0.25, -0.2) is 0 Å². The van der Waals surface area contributed by atoms with Gasteiger partial charge in [0.25, 0.3) is 0 Å². The maximum absolute atomic E-state index is 12.0. The highest BCUT2D eigenvalue weighted by Gasteiger charge is 2.23. The topological polar surface area (TPSA) is 71.1 Å². The summed E-state index contributed by atoms with van der Waals surface area (Å²) in [6.07, 6.45) is 19.7. The van der Waals surface area contributed by atoms with E-state index in [1.54, 1.807) is 0 Å². The molecule has 0 saturated heterocycles. The maximum atomic E-state index is 12.0. The van der Waals surface area contributed by atoms with Crippen molar-refractivity contribution < 1.29 is 28.5 Å². The minimum absolute atomic E-state index is 0.0438. The van der Waals surface area contributed by atoms with Gasteiger partial charge in [0, 0.05) is 25.7 Å². The molecule has 3 aliphatic rings. The molecule has 0 aliphatic heterocycles. The Morgan fingerprint density at radius 1 is 0.529 bits per heavy atom. The van der Waals surface area contributed by atoms with E-state index in [0.29, 0.717) is 51.1 Å². The fourth-order valence-electron chi connectivity index (χ4n) is 5.77. The van der Waals surface area contributed by atoms with Gasteiger partial charge in [-0.15, -0.1) is 0 Å². The highest BCUT2D eigenvalue weighted by Crippen LogP contribution is 2.28. The number of ether oxygens (including phenoxy) is 4. The van der Waals surface area contributed by atoms with Crippen LogP contribution in [0.4, 0.5) is 0 Å². The fraction of sp³-hybridized carbons (Fsp3) is 0.929. The molecule has 3 saturated carbocycles. The van der Waals surface area contributed by atoms with Crippen molar-refractivity contribution in [1.82, 2.24) is 0 Å². The molecular formula is C28H48O6. The van der Waals surface area contributed by atoms with Gasteiger partial charge in [0.1, 0.15) is 0 Å². The third kappa shape index (κ3) is 11.5. The average Bonchev–Trinajstić information content (AvgIpc) is 2.85. The zero-order valence-corrected chi connectivity index (χ0v) is 21.3. The number of esters is 2. The summed E-state index contributed by atoms with van der Waals surface area (Å²) in [4.78, 5) is 24.0. The number of rotatable bonds is 14. The zero-order chi connectivity index (χ0) is 23.8. The largest absolute Gasteiger partial charge is 0.466 e. The molecule has 2 unspecified atom stereocenters. The van der Waals surface area contributed by atoms with Gasteiger partial charge < -0.3 is 18.9 Å². The lowest BCUT2D eigenvalue weighted by molar-refractivity contribution is -0.146. The first-order chi connectivity index (χ1) is 16.7. The maximum Gasteiger partial charge on any atom is 0.306 e. The van der Waals surface area contributed by atoms with Crippen LogP contribution in [0.5, 0.6) is 0 Å². The van der Waals surface area contributed by atoms with Gasteiger partial charge in [-0.2, -0.15) is 0 Å². The smallest absolute Gasteiger partial charge is 0.306 e. The third-order valence-electron chi connectivity index (χ3n) is 7.75. The predicted molar refractivity (Wildman–Crippen MR) is 131 cm³/mol. The van der Waals surface area contributed by atoms with Crippen LogP contribution in [0.2, 0.25) is 0 Å². The van der Waals surface area contributed by atoms with Crippen LogP contribution >= 0.6 is 0 Å². The molecular weight excluding hydrogens is 432 g/mol. The number of carbonyl (C=O) groups is 2. The lowest BCUT2D eigenvalue weighted by Crippen LogP contribution is -2.29. The van der Waals surface area contributed by atoms with Gasteiger partial charge in [-0.1, -0.05) is 38.5 Å². The Labute approximate surface area is 206 Å². The first-order valence-electron chi connectivity index (χ1n) is 14.2. The van der Waals surface area contributed by atoms with Crippen LogP contribution in [0.3, 0.4) is 0 Å². The molecule has 0 radical (unpaired) electrons. The molecule has 3 aliphatic carbocycles. The molecule has 34 heavy (non-hydrogen) atoms. The SMILES string of the molecule is O=C(CC1CCCCC1)OCCCOC1CCCC(OCCCOC(=O)CC2CCCCC2)C1. The molecule has 0 aromatic rings. The van der Waals surface area contributed by atoms with Crippen molar-refractivity contribution in [3.05, 3.63) is 0 Å². The van der Waals surface area contributed by atoms with E-state index < -0.39 is 0 Å². The summed E-state index contributed by atoms with van der Waals surface area (Å²) < 4.78 is 22.9. The van der Waals surface area contributed by atoms with E-state index in [1.165, 1.54) is 64.2 Å². The van der Waals surface area contributed by atoms with Crippen molar-refractivity contribution in [3.8, 4) is 0 Å². The van der Waals surface area contributed by atoms with Crippen LogP contribution in [-0.4, -0.2) is 50.6 Å². The second kappa shape index (κ2) is 16.5. The van der Waals surface area contributed by atoms with Crippen molar-refractivity contribution in [1.29, 1.82) is 0 Å². The van der Waals surface area contributed by atoms with Crippen LogP contribution in [0.15, 0.2) is 0 Å². The number of hydrogen-bond acceptors (Lipinski definition) is 6. The Morgan fingerprint density at radius 2 is 0.971 bits per heavy atom. The van der Waals surface area contributed by atoms with Gasteiger partial charge in [-0.3, -0.25) is 9.59 Å². The van der Waals surface area contributed by atoms with Crippen LogP contribution in [0.25, 0.3) is 0 Å². The summed E-state index contributed by atoms with van der Waals surface area (Å²) >= 11 is 0. The van der Waals surface area contributed by atoms with Crippen molar-refractivity contribution in [2.75, 3.05) is 26.4 Å². The second-order valence-electron chi connectivity index (χ2n) is 10.7. The first-order valence-corrected chi connectivity index (χ1v) is 14.2. The van der Waals surface area contributed by atoms with E-state index in [2.05, 4.69) is 0 Å². The van der Waals surface area contributed by atoms with Gasteiger partial charge in [0.2, 0.25) is 0 Å². The minimum atomic E-state index is -0.0438. The molecule has 3 rings (SSSR count). The first kappa shape index (κ1) is 27.4. The summed E-state index contributed by atoms with van der Waals surface area (Å²) in [5, 5.41) is 0. The number of hydrogen-bond donors (Lipinski definition) is 0. The molecule has 0 bridgehead atoms. The van der Waals surface area contributed by atoms with Crippen LogP contribution in [0, 0.1) is 11.8 Å². The van der Waals surface area contributed by atoms with Crippen molar-refractivity contribution in [3.63, 3.8) is 0 Å². The fourth-order valence-corrected chi connectivity index (χ4v) is 5.77. The van der Waals surface area contributed by atoms with E-state index in [-0.39, 0.29) is 24.1 Å². The Morgan fingerprint density at radius 3 is 1.41 bits per heavy atom. The van der Waals surface area contributed by atoms with E-state index >= 15 is 0 Å². The Bertz CT molecular complexity index is 519. The molecule has 0 aromatic heterocycles. The predicted octanol–water partition coefficient (Wildman–Crippen LogP) is 6.14. The molecule has 0 aromatic carbocycles. The van der Waals surface area contributed by atoms with Gasteiger partial charge in [0.15, 0.2) is 0 Å². The van der Waals surface area contributed by atoms with E-state index in [1.807, 2.05) is 0 Å². The summed E-state index contributed by atoms with van der Waals surface area (Å²) in [7, 11) is 0. The quantitative estimate of drug-likeness (QED) is 0.220. The van der Waals surface area contributed by atoms with E-state index in [9.17, 15) is 9.59 Å². The lowest BCUT2D eigenvalue weighted by Gasteiger charge is -2.29. The van der Waals surface area contributed by atoms with Crippen molar-refractivity contribution >= 4 is 11.9 Å². The van der Waals surface area contributed by atoms with E-state index in [0.717, 1.165) is 38.5 Å². The van der Waals surface area contributed by atoms with E-state index in [4.69, 9.17) is 18.9 Å². The summed E-state index contributed by atoms with van der Waals surface area (Å²) in [6, 6.07) is 0. The molecule has 6 heteroatoms. The molecule has 0 spiro atoms. The van der Waals surface area contributed by atoms with Gasteiger partial charge >= 0.3 is 11.9 Å². The number of carbonyl (C=O) groups excluding carboxylic acids is 2. The summed E-state index contributed by atoms with van der Waals surface area (Å²) in [5.74, 6) is 0.978. The monoisotopic (exact) mass is 480 g/mol. The molecule has 0 heterocycles. The normalized spacial score (nSPS) is 24.6. The zero-order valence-electron chi connectivity index (χ0n) is 21.3. The molecule has 196 valence electrons. The molecule has 3 fully saturated rings. The third-order valence-corrected chi connectivity index (χ3v) is 7.75. The van der Waals surface area contributed by atoms with Gasteiger partial charge in [0.05, 0.1) is 38.6 Å². The summed E-state index contributed by atoms with van der Waals surface area (Å²) in [6.45, 7) is 2.17. The van der Waals surface area contributed by atoms with Crippen LogP contribution in [-0.2, 0) is 28.5 Å². The molecule has 0 N–H and O–H groups in total. The van der Waals surface area contributed by atoms with Gasteiger partial charge in [-0.05, 0) is 63.2 Å². The van der Waals surface area contributed by atoms with Crippen molar-refractivity contribution in [2.24, 2.45) is 11.8 Å². The highest BCUT2D eigenvalue weighted by molar-refractivity contribution is 5.70. The molecule has 2 atom stereocenters. The molecule has 6 nitrogen and oxygen atoms in total. The molecule has 0 amide bonds. The standard InChI is InChI=1S/C28H48O6/c29-27(20-23-10-3-1-4-11-23)33-18-8-16-31-25-14-7-15-26(22-25)32-17-9-19-34-28(30)21-24-12-5-2-6-13-24/h23-26H,1-22H2. The minimum Gasteiger partial charge on any atom is -0.466 e. The Hall–Kier alpha value is -1.14. The summed E-state index contributed by atoms with van der Waals surface area (Å²) in [5.41, 5.74) is 0. The highest BCUT2D eigenvalue weighted by atomic mass is 16.5. The van der Waals surface area contributed by atoms with Crippen LogP contribution < -0.4 is 0 Å². The Kier molecular flexibility index (Phi) is 13.3. The lowest BCUT2D eigenvalue weighted by atomic mass is 9.87.